The number of rotatable bonds is 4. The topological polar surface area (TPSA) is 77.2 Å². The average Bonchev–Trinajstić information content (AvgIpc) is 2.60. The van der Waals surface area contributed by atoms with Crippen molar-refractivity contribution < 1.29 is 9.53 Å². The van der Waals surface area contributed by atoms with Gasteiger partial charge in [-0.1, -0.05) is 22.0 Å². The highest BCUT2D eigenvalue weighted by atomic mass is 79.9. The van der Waals surface area contributed by atoms with Crippen molar-refractivity contribution in [2.24, 2.45) is 0 Å². The van der Waals surface area contributed by atoms with E-state index in [-0.39, 0.29) is 11.7 Å². The zero-order valence-electron chi connectivity index (χ0n) is 14.4. The molecule has 2 aromatic carbocycles. The van der Waals surface area contributed by atoms with Gasteiger partial charge in [-0.05, 0) is 61.9 Å². The van der Waals surface area contributed by atoms with Crippen LogP contribution >= 0.6 is 15.9 Å². The number of anilines is 2. The second kappa shape index (κ2) is 7.58. The Morgan fingerprint density at radius 3 is 2.54 bits per heavy atom. The monoisotopic (exact) mass is 411 g/mol. The van der Waals surface area contributed by atoms with Gasteiger partial charge in [0.25, 0.3) is 5.91 Å². The summed E-state index contributed by atoms with van der Waals surface area (Å²) in [5.41, 5.74) is 8.58. The summed E-state index contributed by atoms with van der Waals surface area (Å²) in [5.74, 6) is 1.24. The Kier molecular flexibility index (Phi) is 5.23. The Bertz CT molecular complexity index is 956. The minimum Gasteiger partial charge on any atom is -0.457 e. The minimum absolute atomic E-state index is 0.216. The molecule has 3 rings (SSSR count). The van der Waals surface area contributed by atoms with E-state index in [1.165, 1.54) is 0 Å². The number of pyridine rings is 1. The van der Waals surface area contributed by atoms with Gasteiger partial charge in [-0.25, -0.2) is 4.98 Å². The molecule has 26 heavy (non-hydrogen) atoms. The van der Waals surface area contributed by atoms with E-state index in [4.69, 9.17) is 10.5 Å². The first kappa shape index (κ1) is 17.9. The van der Waals surface area contributed by atoms with Gasteiger partial charge in [-0.2, -0.15) is 0 Å². The van der Waals surface area contributed by atoms with E-state index in [0.29, 0.717) is 22.7 Å². The van der Waals surface area contributed by atoms with E-state index in [0.717, 1.165) is 15.7 Å². The summed E-state index contributed by atoms with van der Waals surface area (Å²) in [6.07, 6.45) is 0. The predicted molar refractivity (Wildman–Crippen MR) is 107 cm³/mol. The molecular formula is C20H18BrN3O2. The van der Waals surface area contributed by atoms with Gasteiger partial charge in [0.15, 0.2) is 0 Å². The van der Waals surface area contributed by atoms with Crippen molar-refractivity contribution in [3.05, 3.63) is 75.9 Å². The van der Waals surface area contributed by atoms with Crippen molar-refractivity contribution >= 4 is 33.3 Å². The first-order valence-electron chi connectivity index (χ1n) is 8.01. The van der Waals surface area contributed by atoms with Gasteiger partial charge in [0.1, 0.15) is 17.3 Å². The number of aryl methyl sites for hydroxylation is 2. The molecule has 0 saturated carbocycles. The van der Waals surface area contributed by atoms with Crippen LogP contribution < -0.4 is 15.8 Å². The Labute approximate surface area is 160 Å². The average molecular weight is 412 g/mol. The summed E-state index contributed by atoms with van der Waals surface area (Å²) in [7, 11) is 0. The Hall–Kier alpha value is -2.86. The van der Waals surface area contributed by atoms with Crippen LogP contribution in [0.4, 0.5) is 11.5 Å². The van der Waals surface area contributed by atoms with Crippen LogP contribution in [-0.4, -0.2) is 10.9 Å². The first-order chi connectivity index (χ1) is 12.4. The van der Waals surface area contributed by atoms with Crippen LogP contribution in [0.5, 0.6) is 11.5 Å². The number of benzene rings is 2. The number of amides is 1. The molecule has 1 heterocycles. The second-order valence-corrected chi connectivity index (χ2v) is 6.78. The van der Waals surface area contributed by atoms with Crippen LogP contribution in [0.2, 0.25) is 0 Å². The maximum absolute atomic E-state index is 12.5. The molecule has 0 saturated heterocycles. The highest BCUT2D eigenvalue weighted by molar-refractivity contribution is 9.10. The van der Waals surface area contributed by atoms with Crippen molar-refractivity contribution in [3.63, 3.8) is 0 Å². The number of carbonyl (C=O) groups is 1. The molecule has 3 N–H and O–H groups in total. The fraction of sp³-hybridized carbons (Fsp3) is 0.100. The molecular weight excluding hydrogens is 394 g/mol. The number of nitrogens with one attached hydrogen (secondary N) is 1. The predicted octanol–water partition coefficient (Wildman–Crippen LogP) is 5.09. The lowest BCUT2D eigenvalue weighted by atomic mass is 10.1. The molecule has 0 fully saturated rings. The molecule has 0 aliphatic rings. The summed E-state index contributed by atoms with van der Waals surface area (Å²) in [6.45, 7) is 3.75. The summed E-state index contributed by atoms with van der Waals surface area (Å²) >= 11 is 3.39. The summed E-state index contributed by atoms with van der Waals surface area (Å²) in [4.78, 5) is 16.7. The second-order valence-electron chi connectivity index (χ2n) is 5.86. The third kappa shape index (κ3) is 4.21. The van der Waals surface area contributed by atoms with Crippen molar-refractivity contribution in [1.29, 1.82) is 0 Å². The number of nitrogens with two attached hydrogens (primary N) is 1. The lowest BCUT2D eigenvalue weighted by molar-refractivity contribution is 0.102. The first-order valence-corrected chi connectivity index (χ1v) is 8.80. The molecule has 6 heteroatoms. The van der Waals surface area contributed by atoms with Crippen molar-refractivity contribution in [1.82, 2.24) is 4.98 Å². The maximum atomic E-state index is 12.5. The molecule has 1 amide bonds. The van der Waals surface area contributed by atoms with Crippen molar-refractivity contribution in [2.75, 3.05) is 11.1 Å². The quantitative estimate of drug-likeness (QED) is 0.626. The Morgan fingerprint density at radius 2 is 1.81 bits per heavy atom. The third-order valence-electron chi connectivity index (χ3n) is 3.88. The van der Waals surface area contributed by atoms with E-state index < -0.39 is 0 Å². The number of hydrogen-bond donors (Lipinski definition) is 2. The molecule has 132 valence electrons. The van der Waals surface area contributed by atoms with E-state index >= 15 is 0 Å². The van der Waals surface area contributed by atoms with Crippen LogP contribution in [0.3, 0.4) is 0 Å². The van der Waals surface area contributed by atoms with Gasteiger partial charge in [0.2, 0.25) is 0 Å². The van der Waals surface area contributed by atoms with E-state index in [1.807, 2.05) is 50.2 Å². The Morgan fingerprint density at radius 1 is 1.08 bits per heavy atom. The molecule has 0 radical (unpaired) electrons. The van der Waals surface area contributed by atoms with Gasteiger partial charge in [0.05, 0.1) is 5.56 Å². The smallest absolute Gasteiger partial charge is 0.259 e. The number of ether oxygens (including phenoxy) is 1. The van der Waals surface area contributed by atoms with Crippen LogP contribution in [-0.2, 0) is 0 Å². The van der Waals surface area contributed by atoms with Crippen LogP contribution in [0.1, 0.15) is 21.6 Å². The molecule has 0 aliphatic carbocycles. The van der Waals surface area contributed by atoms with Crippen LogP contribution in [0, 0.1) is 13.8 Å². The third-order valence-corrected chi connectivity index (χ3v) is 4.41. The highest BCUT2D eigenvalue weighted by Gasteiger charge is 2.13. The SMILES string of the molecule is Cc1cc(C(=O)Nc2cccc(Oc3ccc(Br)cc3)c2)c(N)nc1C. The van der Waals surface area contributed by atoms with E-state index in [2.05, 4.69) is 26.2 Å². The summed E-state index contributed by atoms with van der Waals surface area (Å²) < 4.78 is 6.79. The van der Waals surface area contributed by atoms with Crippen molar-refractivity contribution in [3.8, 4) is 11.5 Å². The van der Waals surface area contributed by atoms with Crippen molar-refractivity contribution in [2.45, 2.75) is 13.8 Å². The molecule has 0 atom stereocenters. The maximum Gasteiger partial charge on any atom is 0.259 e. The zero-order valence-corrected chi connectivity index (χ0v) is 16.0. The van der Waals surface area contributed by atoms with Crippen LogP contribution in [0.15, 0.2) is 59.1 Å². The lowest BCUT2D eigenvalue weighted by Gasteiger charge is -2.11. The highest BCUT2D eigenvalue weighted by Crippen LogP contribution is 2.26. The molecule has 3 aromatic rings. The minimum atomic E-state index is -0.307. The molecule has 5 nitrogen and oxygen atoms in total. The van der Waals surface area contributed by atoms with Crippen LogP contribution in [0.25, 0.3) is 0 Å². The van der Waals surface area contributed by atoms with E-state index in [9.17, 15) is 4.79 Å². The standard InChI is InChI=1S/C20H18BrN3O2/c1-12-10-18(19(22)23-13(12)2)20(25)24-15-4-3-5-17(11-15)26-16-8-6-14(21)7-9-16/h3-11H,1-2H3,(H2,22,23)(H,24,25). The zero-order chi connectivity index (χ0) is 18.7. The number of nitrogens with zero attached hydrogens (tertiary/aromatic N) is 1. The van der Waals surface area contributed by atoms with Gasteiger partial charge >= 0.3 is 0 Å². The molecule has 0 spiro atoms. The number of nitrogen functional groups attached to an aromatic ring is 1. The van der Waals surface area contributed by atoms with Gasteiger partial charge < -0.3 is 15.8 Å². The number of carbonyl (C=O) groups excluding carboxylic acids is 1. The normalized spacial score (nSPS) is 10.4. The molecule has 0 aliphatic heterocycles. The largest absolute Gasteiger partial charge is 0.457 e. The van der Waals surface area contributed by atoms with Gasteiger partial charge in [0, 0.05) is 21.9 Å². The summed E-state index contributed by atoms with van der Waals surface area (Å²) in [5, 5.41) is 2.83. The number of halogens is 1. The number of aromatic nitrogens is 1. The molecule has 1 aromatic heterocycles. The number of hydrogen-bond acceptors (Lipinski definition) is 4. The summed E-state index contributed by atoms with van der Waals surface area (Å²) in [6, 6.07) is 16.4. The molecule has 0 bridgehead atoms. The van der Waals surface area contributed by atoms with Gasteiger partial charge in [-0.3, -0.25) is 4.79 Å². The molecule has 0 unspecified atom stereocenters. The fourth-order valence-corrected chi connectivity index (χ4v) is 2.64. The van der Waals surface area contributed by atoms with Gasteiger partial charge in [-0.15, -0.1) is 0 Å². The van der Waals surface area contributed by atoms with E-state index in [1.54, 1.807) is 18.2 Å². The lowest BCUT2D eigenvalue weighted by Crippen LogP contribution is -2.15. The fourth-order valence-electron chi connectivity index (χ4n) is 2.38. The Balaban J connectivity index is 1.77.